The normalized spacial score (nSPS) is 10.2. The highest BCUT2D eigenvalue weighted by atomic mass is 16.6. The predicted octanol–water partition coefficient (Wildman–Crippen LogP) is 2.58. The molecule has 0 aromatic heterocycles. The summed E-state index contributed by atoms with van der Waals surface area (Å²) in [6.07, 6.45) is 0. The first-order valence-corrected chi connectivity index (χ1v) is 7.44. The maximum atomic E-state index is 12.0. The van der Waals surface area contributed by atoms with E-state index in [4.69, 9.17) is 4.74 Å². The quantitative estimate of drug-likeness (QED) is 0.441. The third-order valence-electron chi connectivity index (χ3n) is 3.34. The van der Waals surface area contributed by atoms with Crippen LogP contribution in [-0.2, 0) is 11.3 Å². The van der Waals surface area contributed by atoms with Crippen LogP contribution in [0.2, 0.25) is 0 Å². The lowest BCUT2D eigenvalue weighted by molar-refractivity contribution is -0.384. The van der Waals surface area contributed by atoms with E-state index in [1.807, 2.05) is 12.1 Å². The molecule has 0 fully saturated rings. The van der Waals surface area contributed by atoms with Crippen molar-refractivity contribution >= 4 is 17.3 Å². The third kappa shape index (κ3) is 5.06. The number of ether oxygens (including phenoxy) is 1. The van der Waals surface area contributed by atoms with Crippen LogP contribution in [0.15, 0.2) is 48.5 Å². The lowest BCUT2D eigenvalue weighted by Crippen LogP contribution is -2.28. The van der Waals surface area contributed by atoms with E-state index < -0.39 is 4.92 Å². The van der Waals surface area contributed by atoms with Crippen LogP contribution in [0.4, 0.5) is 11.4 Å². The van der Waals surface area contributed by atoms with E-state index in [0.29, 0.717) is 25.3 Å². The fourth-order valence-corrected chi connectivity index (χ4v) is 2.10. The molecule has 2 aromatic rings. The molecule has 7 heteroatoms. The molecule has 7 nitrogen and oxygen atoms in total. The zero-order valence-corrected chi connectivity index (χ0v) is 13.3. The molecule has 0 atom stereocenters. The van der Waals surface area contributed by atoms with Gasteiger partial charge in [-0.1, -0.05) is 12.1 Å². The molecular formula is C17H19N3O4. The number of methoxy groups -OCH3 is 1. The number of rotatable bonds is 8. The number of carbonyl (C=O) groups is 1. The Kier molecular flexibility index (Phi) is 6.27. The molecule has 0 aliphatic heterocycles. The number of nitrogens with zero attached hydrogens (tertiary/aromatic N) is 1. The molecule has 0 unspecified atom stereocenters. The van der Waals surface area contributed by atoms with E-state index in [2.05, 4.69) is 10.6 Å². The van der Waals surface area contributed by atoms with Gasteiger partial charge in [-0.05, 0) is 29.8 Å². The molecule has 0 aliphatic rings. The number of nitro benzene ring substituents is 1. The first-order chi connectivity index (χ1) is 11.6. The van der Waals surface area contributed by atoms with Crippen molar-refractivity contribution in [3.05, 3.63) is 69.8 Å². The number of nitro groups is 1. The van der Waals surface area contributed by atoms with E-state index in [0.717, 1.165) is 11.3 Å². The monoisotopic (exact) mass is 329 g/mol. The fourth-order valence-electron chi connectivity index (χ4n) is 2.10. The average molecular weight is 329 g/mol. The van der Waals surface area contributed by atoms with E-state index >= 15 is 0 Å². The van der Waals surface area contributed by atoms with Gasteiger partial charge >= 0.3 is 0 Å². The molecule has 1 amide bonds. The Balaban J connectivity index is 1.75. The summed E-state index contributed by atoms with van der Waals surface area (Å²) in [4.78, 5) is 22.1. The molecule has 24 heavy (non-hydrogen) atoms. The van der Waals surface area contributed by atoms with Gasteiger partial charge in [0.15, 0.2) is 0 Å². The molecule has 126 valence electrons. The van der Waals surface area contributed by atoms with Gasteiger partial charge < -0.3 is 15.4 Å². The van der Waals surface area contributed by atoms with E-state index in [9.17, 15) is 14.9 Å². The zero-order chi connectivity index (χ0) is 17.4. The topological polar surface area (TPSA) is 93.5 Å². The van der Waals surface area contributed by atoms with Crippen LogP contribution < -0.4 is 10.6 Å². The minimum atomic E-state index is -0.443. The SMILES string of the molecule is COCc1ccc(C(=O)NCCNc2ccc([N+](=O)[O-])cc2)cc1. The third-order valence-corrected chi connectivity index (χ3v) is 3.34. The van der Waals surface area contributed by atoms with Crippen LogP contribution in [0.3, 0.4) is 0 Å². The Morgan fingerprint density at radius 3 is 2.33 bits per heavy atom. The first-order valence-electron chi connectivity index (χ1n) is 7.44. The summed E-state index contributed by atoms with van der Waals surface area (Å²) in [7, 11) is 1.62. The summed E-state index contributed by atoms with van der Waals surface area (Å²) in [5.41, 5.74) is 2.41. The summed E-state index contributed by atoms with van der Waals surface area (Å²) in [6, 6.07) is 13.4. The molecule has 2 N–H and O–H groups in total. The Morgan fingerprint density at radius 1 is 1.08 bits per heavy atom. The van der Waals surface area contributed by atoms with E-state index in [1.165, 1.54) is 12.1 Å². The molecule has 2 rings (SSSR count). The van der Waals surface area contributed by atoms with Crippen LogP contribution in [0.5, 0.6) is 0 Å². The van der Waals surface area contributed by atoms with Crippen molar-refractivity contribution in [3.63, 3.8) is 0 Å². The molecule has 0 heterocycles. The van der Waals surface area contributed by atoms with Crippen molar-refractivity contribution in [2.24, 2.45) is 0 Å². The standard InChI is InChI=1S/C17H19N3O4/c1-24-12-13-2-4-14(5-3-13)17(21)19-11-10-18-15-6-8-16(9-7-15)20(22)23/h2-9,18H,10-12H2,1H3,(H,19,21). The molecule has 0 spiro atoms. The molecule has 0 saturated carbocycles. The molecule has 0 saturated heterocycles. The molecule has 0 radical (unpaired) electrons. The van der Waals surface area contributed by atoms with Crippen LogP contribution in [0.1, 0.15) is 15.9 Å². The van der Waals surface area contributed by atoms with Crippen molar-refractivity contribution in [1.82, 2.24) is 5.32 Å². The summed E-state index contributed by atoms with van der Waals surface area (Å²) in [5.74, 6) is -0.149. The fraction of sp³-hybridized carbons (Fsp3) is 0.235. The minimum absolute atomic E-state index is 0.0470. The van der Waals surface area contributed by atoms with Gasteiger partial charge in [-0.3, -0.25) is 14.9 Å². The number of non-ortho nitro benzene ring substituents is 1. The van der Waals surface area contributed by atoms with Gasteiger partial charge in [-0.2, -0.15) is 0 Å². The van der Waals surface area contributed by atoms with Gasteiger partial charge in [-0.15, -0.1) is 0 Å². The summed E-state index contributed by atoms with van der Waals surface area (Å²) in [5, 5.41) is 16.5. The summed E-state index contributed by atoms with van der Waals surface area (Å²) in [6.45, 7) is 1.47. The smallest absolute Gasteiger partial charge is 0.269 e. The maximum absolute atomic E-state index is 12.0. The second-order valence-corrected chi connectivity index (χ2v) is 5.12. The van der Waals surface area contributed by atoms with Crippen molar-refractivity contribution in [1.29, 1.82) is 0 Å². The number of hydrogen-bond acceptors (Lipinski definition) is 5. The second kappa shape index (κ2) is 8.64. The molecule has 0 bridgehead atoms. The Morgan fingerprint density at radius 2 is 1.75 bits per heavy atom. The van der Waals surface area contributed by atoms with Crippen LogP contribution >= 0.6 is 0 Å². The number of nitrogens with one attached hydrogen (secondary N) is 2. The molecule has 0 aliphatic carbocycles. The summed E-state index contributed by atoms with van der Waals surface area (Å²) >= 11 is 0. The van der Waals surface area contributed by atoms with Crippen LogP contribution in [0.25, 0.3) is 0 Å². The Hall–Kier alpha value is -2.93. The zero-order valence-electron chi connectivity index (χ0n) is 13.3. The number of benzene rings is 2. The van der Waals surface area contributed by atoms with Crippen molar-refractivity contribution in [3.8, 4) is 0 Å². The van der Waals surface area contributed by atoms with Crippen LogP contribution in [-0.4, -0.2) is 31.0 Å². The Bertz CT molecular complexity index is 684. The van der Waals surface area contributed by atoms with Gasteiger partial charge in [0, 0.05) is 43.6 Å². The minimum Gasteiger partial charge on any atom is -0.383 e. The lowest BCUT2D eigenvalue weighted by Gasteiger charge is -2.08. The van der Waals surface area contributed by atoms with Crippen molar-refractivity contribution < 1.29 is 14.5 Å². The number of amides is 1. The predicted molar refractivity (Wildman–Crippen MR) is 91.1 cm³/mol. The van der Waals surface area contributed by atoms with Crippen LogP contribution in [0, 0.1) is 10.1 Å². The van der Waals surface area contributed by atoms with Crippen molar-refractivity contribution in [2.45, 2.75) is 6.61 Å². The lowest BCUT2D eigenvalue weighted by atomic mass is 10.1. The van der Waals surface area contributed by atoms with Gasteiger partial charge in [0.05, 0.1) is 11.5 Å². The molecular weight excluding hydrogens is 310 g/mol. The summed E-state index contributed by atoms with van der Waals surface area (Å²) < 4.78 is 5.02. The highest BCUT2D eigenvalue weighted by Crippen LogP contribution is 2.14. The molecule has 2 aromatic carbocycles. The second-order valence-electron chi connectivity index (χ2n) is 5.12. The first kappa shape index (κ1) is 17.4. The van der Waals surface area contributed by atoms with Gasteiger partial charge in [0.25, 0.3) is 11.6 Å². The maximum Gasteiger partial charge on any atom is 0.269 e. The van der Waals surface area contributed by atoms with Gasteiger partial charge in [0.1, 0.15) is 0 Å². The number of anilines is 1. The largest absolute Gasteiger partial charge is 0.383 e. The van der Waals surface area contributed by atoms with Gasteiger partial charge in [0.2, 0.25) is 0 Å². The average Bonchev–Trinajstić information content (AvgIpc) is 2.60. The number of carbonyl (C=O) groups excluding carboxylic acids is 1. The van der Waals surface area contributed by atoms with E-state index in [1.54, 1.807) is 31.4 Å². The highest BCUT2D eigenvalue weighted by molar-refractivity contribution is 5.94. The van der Waals surface area contributed by atoms with E-state index in [-0.39, 0.29) is 11.6 Å². The Labute approximate surface area is 139 Å². The van der Waals surface area contributed by atoms with Crippen molar-refractivity contribution in [2.75, 3.05) is 25.5 Å². The highest BCUT2D eigenvalue weighted by Gasteiger charge is 2.05. The van der Waals surface area contributed by atoms with Gasteiger partial charge in [-0.25, -0.2) is 0 Å². The number of hydrogen-bond donors (Lipinski definition) is 2.